The maximum atomic E-state index is 10.7. The van der Waals surface area contributed by atoms with Gasteiger partial charge in [0.05, 0.1) is 17.3 Å². The summed E-state index contributed by atoms with van der Waals surface area (Å²) in [6, 6.07) is 6.90. The molecule has 0 saturated carbocycles. The molecule has 0 atom stereocenters. The van der Waals surface area contributed by atoms with E-state index in [4.69, 9.17) is 9.84 Å². The lowest BCUT2D eigenvalue weighted by atomic mass is 10.1. The Morgan fingerprint density at radius 1 is 1.47 bits per heavy atom. The van der Waals surface area contributed by atoms with Gasteiger partial charge in [0, 0.05) is 5.56 Å². The second-order valence-corrected chi connectivity index (χ2v) is 4.18. The lowest BCUT2D eigenvalue weighted by Gasteiger charge is -2.04. The van der Waals surface area contributed by atoms with E-state index in [-0.39, 0.29) is 5.69 Å². The lowest BCUT2D eigenvalue weighted by molar-refractivity contribution is 0.0690. The molecule has 5 nitrogen and oxygen atoms in total. The molecule has 1 aromatic heterocycles. The van der Waals surface area contributed by atoms with Crippen molar-refractivity contribution in [1.82, 2.24) is 10.2 Å². The van der Waals surface area contributed by atoms with Crippen molar-refractivity contribution in [2.45, 2.75) is 0 Å². The zero-order valence-corrected chi connectivity index (χ0v) is 10.5. The summed E-state index contributed by atoms with van der Waals surface area (Å²) in [5.74, 6) is -0.320. The van der Waals surface area contributed by atoms with E-state index >= 15 is 0 Å². The number of H-pyrrole nitrogens is 1. The molecule has 2 rings (SSSR count). The Balaban J connectivity index is 2.39. The van der Waals surface area contributed by atoms with Crippen LogP contribution in [0.2, 0.25) is 0 Å². The number of hydrogen-bond acceptors (Lipinski definition) is 3. The Hall–Kier alpha value is -1.82. The Labute approximate surface area is 106 Å². The third-order valence-corrected chi connectivity index (χ3v) is 2.88. The average Bonchev–Trinajstić information content (AvgIpc) is 2.78. The summed E-state index contributed by atoms with van der Waals surface area (Å²) in [7, 11) is 1.58. The van der Waals surface area contributed by atoms with E-state index in [1.54, 1.807) is 13.2 Å². The van der Waals surface area contributed by atoms with E-state index in [1.807, 2.05) is 12.1 Å². The molecule has 0 unspecified atom stereocenters. The second-order valence-electron chi connectivity index (χ2n) is 3.32. The van der Waals surface area contributed by atoms with E-state index in [0.717, 1.165) is 10.0 Å². The molecule has 2 N–H and O–H groups in total. The Morgan fingerprint density at radius 2 is 2.24 bits per heavy atom. The number of methoxy groups -OCH3 is 1. The number of carbonyl (C=O) groups is 1. The Morgan fingerprint density at radius 3 is 2.76 bits per heavy atom. The van der Waals surface area contributed by atoms with Gasteiger partial charge < -0.3 is 9.84 Å². The van der Waals surface area contributed by atoms with Gasteiger partial charge in [-0.25, -0.2) is 4.79 Å². The van der Waals surface area contributed by atoms with E-state index in [2.05, 4.69) is 26.1 Å². The molecule has 1 heterocycles. The van der Waals surface area contributed by atoms with Gasteiger partial charge in [-0.05, 0) is 40.2 Å². The summed E-state index contributed by atoms with van der Waals surface area (Å²) in [6.07, 6.45) is 0. The fourth-order valence-electron chi connectivity index (χ4n) is 1.40. The van der Waals surface area contributed by atoms with Crippen molar-refractivity contribution < 1.29 is 14.6 Å². The summed E-state index contributed by atoms with van der Waals surface area (Å²) in [5, 5.41) is 15.2. The summed E-state index contributed by atoms with van der Waals surface area (Å²) >= 11 is 3.36. The van der Waals surface area contributed by atoms with Crippen LogP contribution in [0.4, 0.5) is 0 Å². The first-order valence-electron chi connectivity index (χ1n) is 4.74. The number of halogens is 1. The molecule has 0 amide bonds. The highest BCUT2D eigenvalue weighted by Crippen LogP contribution is 2.29. The smallest absolute Gasteiger partial charge is 0.353 e. The summed E-state index contributed by atoms with van der Waals surface area (Å²) in [5.41, 5.74) is 1.44. The number of nitrogens with one attached hydrogen (secondary N) is 1. The minimum Gasteiger partial charge on any atom is -0.496 e. The second kappa shape index (κ2) is 4.58. The molecule has 0 radical (unpaired) electrons. The largest absolute Gasteiger partial charge is 0.496 e. The molecule has 1 aromatic carbocycles. The monoisotopic (exact) mass is 296 g/mol. The van der Waals surface area contributed by atoms with Crippen LogP contribution in [0.1, 0.15) is 10.5 Å². The number of ether oxygens (including phenoxy) is 1. The predicted octanol–water partition coefficient (Wildman–Crippen LogP) is 2.55. The van der Waals surface area contributed by atoms with Crippen LogP contribution in [0.15, 0.2) is 28.7 Å². The van der Waals surface area contributed by atoms with Crippen molar-refractivity contribution in [1.29, 1.82) is 0 Å². The van der Waals surface area contributed by atoms with Gasteiger partial charge in [-0.1, -0.05) is 0 Å². The fourth-order valence-corrected chi connectivity index (χ4v) is 1.95. The van der Waals surface area contributed by atoms with Crippen molar-refractivity contribution in [2.75, 3.05) is 7.11 Å². The molecule has 17 heavy (non-hydrogen) atoms. The van der Waals surface area contributed by atoms with Crippen molar-refractivity contribution in [3.63, 3.8) is 0 Å². The molecule has 6 heteroatoms. The van der Waals surface area contributed by atoms with Crippen LogP contribution in [0.25, 0.3) is 11.3 Å². The maximum absolute atomic E-state index is 10.7. The number of nitrogens with zero attached hydrogens (tertiary/aromatic N) is 1. The molecule has 0 bridgehead atoms. The number of benzene rings is 1. The van der Waals surface area contributed by atoms with Gasteiger partial charge in [0.15, 0.2) is 0 Å². The molecule has 0 fully saturated rings. The van der Waals surface area contributed by atoms with Gasteiger partial charge in [-0.3, -0.25) is 5.10 Å². The molecule has 2 aromatic rings. The fraction of sp³-hybridized carbons (Fsp3) is 0.0909. The Bertz CT molecular complexity index is 566. The number of carboxylic acid groups (broad SMARTS) is 1. The van der Waals surface area contributed by atoms with Crippen LogP contribution in [-0.4, -0.2) is 28.4 Å². The van der Waals surface area contributed by atoms with Crippen molar-refractivity contribution in [2.24, 2.45) is 0 Å². The highest BCUT2D eigenvalue weighted by molar-refractivity contribution is 9.10. The molecular formula is C11H9BrN2O3. The van der Waals surface area contributed by atoms with E-state index in [1.165, 1.54) is 6.07 Å². The van der Waals surface area contributed by atoms with Gasteiger partial charge in [0.25, 0.3) is 0 Å². The molecule has 0 aliphatic rings. The molecule has 88 valence electrons. The van der Waals surface area contributed by atoms with Gasteiger partial charge in [0.2, 0.25) is 0 Å². The number of hydrogen-bond donors (Lipinski definition) is 2. The number of aromatic amines is 1. The van der Waals surface area contributed by atoms with Crippen molar-refractivity contribution in [3.8, 4) is 17.0 Å². The lowest BCUT2D eigenvalue weighted by Crippen LogP contribution is -1.95. The third-order valence-electron chi connectivity index (χ3n) is 2.26. The first-order valence-corrected chi connectivity index (χ1v) is 5.53. The van der Waals surface area contributed by atoms with Gasteiger partial charge >= 0.3 is 5.97 Å². The number of rotatable bonds is 3. The van der Waals surface area contributed by atoms with E-state index < -0.39 is 5.97 Å². The highest BCUT2D eigenvalue weighted by atomic mass is 79.9. The summed E-state index contributed by atoms with van der Waals surface area (Å²) in [6.45, 7) is 0. The minimum absolute atomic E-state index is 0.0620. The number of carboxylic acids is 1. The minimum atomic E-state index is -1.03. The summed E-state index contributed by atoms with van der Waals surface area (Å²) < 4.78 is 5.90. The van der Waals surface area contributed by atoms with Crippen LogP contribution in [-0.2, 0) is 0 Å². The average molecular weight is 297 g/mol. The third kappa shape index (κ3) is 2.31. The zero-order chi connectivity index (χ0) is 12.4. The molecule has 0 aliphatic heterocycles. The Kier molecular flexibility index (Phi) is 3.14. The zero-order valence-electron chi connectivity index (χ0n) is 8.90. The van der Waals surface area contributed by atoms with Gasteiger partial charge in [-0.15, -0.1) is 0 Å². The van der Waals surface area contributed by atoms with Gasteiger partial charge in [0.1, 0.15) is 11.4 Å². The van der Waals surface area contributed by atoms with Crippen LogP contribution in [0, 0.1) is 0 Å². The maximum Gasteiger partial charge on any atom is 0.353 e. The highest BCUT2D eigenvalue weighted by Gasteiger charge is 2.10. The number of aromatic carboxylic acids is 1. The van der Waals surface area contributed by atoms with Crippen LogP contribution >= 0.6 is 15.9 Å². The van der Waals surface area contributed by atoms with Crippen molar-refractivity contribution >= 4 is 21.9 Å². The van der Waals surface area contributed by atoms with Crippen LogP contribution in [0.3, 0.4) is 0 Å². The number of aromatic nitrogens is 2. The first kappa shape index (κ1) is 11.7. The topological polar surface area (TPSA) is 75.2 Å². The van der Waals surface area contributed by atoms with Crippen LogP contribution in [0.5, 0.6) is 5.75 Å². The molecule has 0 aliphatic carbocycles. The first-order chi connectivity index (χ1) is 8.11. The molecule has 0 saturated heterocycles. The SMILES string of the molecule is COc1ccc(-c2cc(C(=O)O)[nH]n2)cc1Br. The van der Waals surface area contributed by atoms with E-state index in [9.17, 15) is 4.79 Å². The van der Waals surface area contributed by atoms with Crippen molar-refractivity contribution in [3.05, 3.63) is 34.4 Å². The standard InChI is InChI=1S/C11H9BrN2O3/c1-17-10-3-2-6(4-7(10)12)8-5-9(11(15)16)14-13-8/h2-5H,1H3,(H,13,14)(H,15,16). The van der Waals surface area contributed by atoms with E-state index in [0.29, 0.717) is 11.4 Å². The quantitative estimate of drug-likeness (QED) is 0.913. The summed E-state index contributed by atoms with van der Waals surface area (Å²) in [4.78, 5) is 10.7. The predicted molar refractivity (Wildman–Crippen MR) is 65.2 cm³/mol. The molecule has 0 spiro atoms. The normalized spacial score (nSPS) is 10.2. The van der Waals surface area contributed by atoms with Crippen LogP contribution < -0.4 is 4.74 Å². The van der Waals surface area contributed by atoms with Gasteiger partial charge in [-0.2, -0.15) is 5.10 Å². The molecular weight excluding hydrogens is 288 g/mol.